The van der Waals surface area contributed by atoms with Crippen molar-refractivity contribution in [1.82, 2.24) is 9.62 Å². The minimum Gasteiger partial charge on any atom is -0.379 e. The van der Waals surface area contributed by atoms with Gasteiger partial charge in [-0.15, -0.1) is 0 Å². The first-order chi connectivity index (χ1) is 14.8. The number of benzene rings is 2. The van der Waals surface area contributed by atoms with E-state index in [0.29, 0.717) is 30.0 Å². The highest BCUT2D eigenvalue weighted by Crippen LogP contribution is 2.23. The Bertz CT molecular complexity index is 1110. The number of morpholine rings is 1. The predicted octanol–water partition coefficient (Wildman–Crippen LogP) is 2.16. The Morgan fingerprint density at radius 3 is 2.42 bits per heavy atom. The molecular formula is C22H25N3O5S. The van der Waals surface area contributed by atoms with Crippen molar-refractivity contribution in [2.75, 3.05) is 31.6 Å². The fraction of sp³-hybridized carbons (Fsp3) is 0.364. The van der Waals surface area contributed by atoms with Gasteiger partial charge in [0.1, 0.15) is 0 Å². The molecular weight excluding hydrogens is 418 g/mol. The molecule has 1 heterocycles. The van der Waals surface area contributed by atoms with Crippen molar-refractivity contribution < 1.29 is 22.7 Å². The molecule has 2 aromatic rings. The minimum atomic E-state index is -3.72. The summed E-state index contributed by atoms with van der Waals surface area (Å²) in [6.07, 6.45) is 1.98. The molecule has 0 spiro atoms. The molecule has 0 unspecified atom stereocenters. The van der Waals surface area contributed by atoms with Crippen molar-refractivity contribution >= 4 is 27.5 Å². The van der Waals surface area contributed by atoms with Gasteiger partial charge in [-0.1, -0.05) is 12.1 Å². The van der Waals surface area contributed by atoms with Crippen LogP contribution < -0.4 is 10.6 Å². The molecule has 2 aromatic carbocycles. The number of amides is 2. The third-order valence-corrected chi connectivity index (χ3v) is 7.37. The maximum Gasteiger partial charge on any atom is 0.255 e. The topological polar surface area (TPSA) is 105 Å². The van der Waals surface area contributed by atoms with Crippen molar-refractivity contribution in [3.63, 3.8) is 0 Å². The minimum absolute atomic E-state index is 0.111. The summed E-state index contributed by atoms with van der Waals surface area (Å²) in [5.41, 5.74) is 1.72. The highest BCUT2D eigenvalue weighted by molar-refractivity contribution is 7.89. The van der Waals surface area contributed by atoms with Crippen molar-refractivity contribution in [2.24, 2.45) is 0 Å². The third kappa shape index (κ3) is 4.95. The van der Waals surface area contributed by atoms with Gasteiger partial charge in [-0.05, 0) is 55.7 Å². The monoisotopic (exact) mass is 443 g/mol. The van der Waals surface area contributed by atoms with E-state index in [-0.39, 0.29) is 35.5 Å². The van der Waals surface area contributed by atoms with E-state index < -0.39 is 15.9 Å². The van der Waals surface area contributed by atoms with Gasteiger partial charge in [-0.25, -0.2) is 8.42 Å². The fourth-order valence-electron chi connectivity index (χ4n) is 3.38. The van der Waals surface area contributed by atoms with E-state index in [1.807, 2.05) is 0 Å². The number of carbonyl (C=O) groups excluding carboxylic acids is 2. The molecule has 1 aliphatic carbocycles. The Kier molecular flexibility index (Phi) is 6.08. The highest BCUT2D eigenvalue weighted by atomic mass is 32.2. The summed E-state index contributed by atoms with van der Waals surface area (Å²) in [7, 11) is -3.72. The summed E-state index contributed by atoms with van der Waals surface area (Å²) in [6.45, 7) is 2.98. The molecule has 9 heteroatoms. The summed E-state index contributed by atoms with van der Waals surface area (Å²) in [5.74, 6) is -0.619. The van der Waals surface area contributed by atoms with Crippen LogP contribution in [0.15, 0.2) is 47.4 Å². The van der Waals surface area contributed by atoms with Gasteiger partial charge in [0.05, 0.1) is 18.1 Å². The first-order valence-electron chi connectivity index (χ1n) is 10.3. The SMILES string of the molecule is Cc1ccc(C(=O)Nc2cccc(C(=O)NC3CC3)c2)cc1S(=O)(=O)N1CCOCC1. The zero-order chi connectivity index (χ0) is 22.0. The van der Waals surface area contributed by atoms with Gasteiger partial charge in [-0.2, -0.15) is 4.31 Å². The summed E-state index contributed by atoms with van der Waals surface area (Å²) in [6, 6.07) is 11.5. The van der Waals surface area contributed by atoms with E-state index in [2.05, 4.69) is 10.6 Å². The molecule has 0 aromatic heterocycles. The molecule has 1 saturated heterocycles. The normalized spacial score (nSPS) is 17.2. The molecule has 8 nitrogen and oxygen atoms in total. The van der Waals surface area contributed by atoms with Gasteiger partial charge in [0.15, 0.2) is 0 Å². The number of hydrogen-bond donors (Lipinski definition) is 2. The molecule has 164 valence electrons. The smallest absolute Gasteiger partial charge is 0.255 e. The lowest BCUT2D eigenvalue weighted by molar-refractivity contribution is 0.0730. The van der Waals surface area contributed by atoms with Gasteiger partial charge in [-0.3, -0.25) is 9.59 Å². The lowest BCUT2D eigenvalue weighted by atomic mass is 10.1. The first kappa shape index (κ1) is 21.5. The Balaban J connectivity index is 1.53. The van der Waals surface area contributed by atoms with Gasteiger partial charge < -0.3 is 15.4 Å². The maximum absolute atomic E-state index is 13.0. The summed E-state index contributed by atoms with van der Waals surface area (Å²) < 4.78 is 32.7. The van der Waals surface area contributed by atoms with Crippen molar-refractivity contribution in [3.8, 4) is 0 Å². The molecule has 4 rings (SSSR count). The van der Waals surface area contributed by atoms with Crippen LogP contribution in [-0.4, -0.2) is 56.9 Å². The van der Waals surface area contributed by atoms with Crippen LogP contribution in [0.4, 0.5) is 5.69 Å². The molecule has 0 bridgehead atoms. The number of rotatable bonds is 6. The van der Waals surface area contributed by atoms with Crippen LogP contribution in [-0.2, 0) is 14.8 Å². The second kappa shape index (κ2) is 8.78. The quantitative estimate of drug-likeness (QED) is 0.712. The lowest BCUT2D eigenvalue weighted by Gasteiger charge is -2.26. The third-order valence-electron chi connectivity index (χ3n) is 5.33. The van der Waals surface area contributed by atoms with Gasteiger partial charge >= 0.3 is 0 Å². The second-order valence-corrected chi connectivity index (χ2v) is 9.69. The number of carbonyl (C=O) groups is 2. The summed E-state index contributed by atoms with van der Waals surface area (Å²) in [5, 5.41) is 5.66. The van der Waals surface area contributed by atoms with E-state index >= 15 is 0 Å². The average molecular weight is 444 g/mol. The molecule has 0 radical (unpaired) electrons. The zero-order valence-corrected chi connectivity index (χ0v) is 18.1. The number of aryl methyl sites for hydroxylation is 1. The number of nitrogens with zero attached hydrogens (tertiary/aromatic N) is 1. The van der Waals surface area contributed by atoms with Gasteiger partial charge in [0.2, 0.25) is 10.0 Å². The molecule has 2 N–H and O–H groups in total. The first-order valence-corrected chi connectivity index (χ1v) is 11.7. The Labute approximate surface area is 181 Å². The molecule has 2 amide bonds. The van der Waals surface area contributed by atoms with Crippen LogP contribution in [0.3, 0.4) is 0 Å². The molecule has 31 heavy (non-hydrogen) atoms. The van der Waals surface area contributed by atoms with Crippen LogP contribution >= 0.6 is 0 Å². The van der Waals surface area contributed by atoms with Crippen LogP contribution in [0.5, 0.6) is 0 Å². The Morgan fingerprint density at radius 2 is 1.71 bits per heavy atom. The van der Waals surface area contributed by atoms with Gasteiger partial charge in [0, 0.05) is 35.9 Å². The van der Waals surface area contributed by atoms with E-state index in [0.717, 1.165) is 12.8 Å². The number of nitrogens with one attached hydrogen (secondary N) is 2. The van der Waals surface area contributed by atoms with E-state index in [9.17, 15) is 18.0 Å². The number of hydrogen-bond acceptors (Lipinski definition) is 5. The number of sulfonamides is 1. The fourth-order valence-corrected chi connectivity index (χ4v) is 5.04. The molecule has 2 fully saturated rings. The maximum atomic E-state index is 13.0. The van der Waals surface area contributed by atoms with Crippen molar-refractivity contribution in [2.45, 2.75) is 30.7 Å². The molecule has 1 saturated carbocycles. The molecule has 1 aliphatic heterocycles. The summed E-state index contributed by atoms with van der Waals surface area (Å²) >= 11 is 0. The van der Waals surface area contributed by atoms with E-state index in [1.54, 1.807) is 43.3 Å². The van der Waals surface area contributed by atoms with Crippen LogP contribution in [0, 0.1) is 6.92 Å². The lowest BCUT2D eigenvalue weighted by Crippen LogP contribution is -2.40. The van der Waals surface area contributed by atoms with Gasteiger partial charge in [0.25, 0.3) is 11.8 Å². The standard InChI is InChI=1S/C22H25N3O5S/c1-15-5-6-17(14-20(15)31(28,29)25-9-11-30-12-10-25)22(27)24-19-4-2-3-16(13-19)21(26)23-18-7-8-18/h2-6,13-14,18H,7-12H2,1H3,(H,23,26)(H,24,27). The van der Waals surface area contributed by atoms with Crippen LogP contribution in [0.2, 0.25) is 0 Å². The molecule has 0 atom stereocenters. The molecule has 2 aliphatic rings. The average Bonchev–Trinajstić information content (AvgIpc) is 3.58. The van der Waals surface area contributed by atoms with E-state index in [4.69, 9.17) is 4.74 Å². The second-order valence-electron chi connectivity index (χ2n) is 7.78. The highest BCUT2D eigenvalue weighted by Gasteiger charge is 2.28. The predicted molar refractivity (Wildman–Crippen MR) is 116 cm³/mol. The van der Waals surface area contributed by atoms with Crippen molar-refractivity contribution in [1.29, 1.82) is 0 Å². The largest absolute Gasteiger partial charge is 0.379 e. The summed E-state index contributed by atoms with van der Waals surface area (Å²) in [4.78, 5) is 25.2. The van der Waals surface area contributed by atoms with Crippen molar-refractivity contribution in [3.05, 3.63) is 59.2 Å². The number of ether oxygens (including phenoxy) is 1. The Morgan fingerprint density at radius 1 is 1.00 bits per heavy atom. The Hall–Kier alpha value is -2.75. The number of anilines is 1. The van der Waals surface area contributed by atoms with Crippen LogP contribution in [0.25, 0.3) is 0 Å². The van der Waals surface area contributed by atoms with Crippen LogP contribution in [0.1, 0.15) is 39.1 Å². The van der Waals surface area contributed by atoms with E-state index in [1.165, 1.54) is 10.4 Å². The zero-order valence-electron chi connectivity index (χ0n) is 17.3.